The standard InChI is InChI=1S/C24H38N4O4/c1-6-31-23(30)28-11-9-18(10-12-28)25-21-17-19(27-15-13-26(5)14-16-27)7-8-20(21)22(29)32-24(2,3)4/h7-8,17-18,25H,6,9-16H2,1-5H3. The highest BCUT2D eigenvalue weighted by Gasteiger charge is 2.27. The third-order valence-corrected chi connectivity index (χ3v) is 5.87. The molecule has 1 aromatic carbocycles. The Morgan fingerprint density at radius 2 is 1.72 bits per heavy atom. The van der Waals surface area contributed by atoms with E-state index >= 15 is 0 Å². The molecule has 2 heterocycles. The Bertz CT molecular complexity index is 792. The molecule has 2 saturated heterocycles. The Morgan fingerprint density at radius 1 is 1.06 bits per heavy atom. The highest BCUT2D eigenvalue weighted by molar-refractivity contribution is 5.97. The Hall–Kier alpha value is -2.48. The fourth-order valence-corrected chi connectivity index (χ4v) is 4.07. The van der Waals surface area contributed by atoms with Crippen LogP contribution in [0.4, 0.5) is 16.2 Å². The maximum absolute atomic E-state index is 12.9. The first-order valence-corrected chi connectivity index (χ1v) is 11.7. The Kier molecular flexibility index (Phi) is 7.87. The summed E-state index contributed by atoms with van der Waals surface area (Å²) in [5, 5.41) is 3.58. The molecule has 32 heavy (non-hydrogen) atoms. The summed E-state index contributed by atoms with van der Waals surface area (Å²) in [5.74, 6) is -0.325. The second-order valence-corrected chi connectivity index (χ2v) is 9.63. The second kappa shape index (κ2) is 10.4. The summed E-state index contributed by atoms with van der Waals surface area (Å²) in [5.41, 5.74) is 1.89. The van der Waals surface area contributed by atoms with Gasteiger partial charge >= 0.3 is 12.1 Å². The number of piperidine rings is 1. The SMILES string of the molecule is CCOC(=O)N1CCC(Nc2cc(N3CCN(C)CC3)ccc2C(=O)OC(C)(C)C)CC1. The molecule has 2 aliphatic heterocycles. The fraction of sp³-hybridized carbons (Fsp3) is 0.667. The van der Waals surface area contributed by atoms with Gasteiger partial charge in [-0.25, -0.2) is 9.59 Å². The molecule has 0 aliphatic carbocycles. The van der Waals surface area contributed by atoms with E-state index in [9.17, 15) is 9.59 Å². The van der Waals surface area contributed by atoms with Crippen LogP contribution in [0, 0.1) is 0 Å². The van der Waals surface area contributed by atoms with Crippen molar-refractivity contribution in [2.24, 2.45) is 0 Å². The summed E-state index contributed by atoms with van der Waals surface area (Å²) in [7, 11) is 2.14. The van der Waals surface area contributed by atoms with Crippen molar-refractivity contribution in [2.75, 3.05) is 63.1 Å². The quantitative estimate of drug-likeness (QED) is 0.695. The summed E-state index contributed by atoms with van der Waals surface area (Å²) in [6, 6.07) is 6.13. The van der Waals surface area contributed by atoms with Gasteiger partial charge in [-0.1, -0.05) is 0 Å². The van der Waals surface area contributed by atoms with Gasteiger partial charge in [0.2, 0.25) is 0 Å². The number of ether oxygens (including phenoxy) is 2. The molecule has 0 unspecified atom stereocenters. The minimum Gasteiger partial charge on any atom is -0.456 e. The molecule has 8 heteroatoms. The number of benzene rings is 1. The highest BCUT2D eigenvalue weighted by atomic mass is 16.6. The first kappa shape index (κ1) is 24.2. The van der Waals surface area contributed by atoms with Gasteiger partial charge in [0.1, 0.15) is 5.60 Å². The van der Waals surface area contributed by atoms with Crippen LogP contribution in [0.15, 0.2) is 18.2 Å². The molecule has 0 bridgehead atoms. The molecule has 3 rings (SSSR count). The number of likely N-dealkylation sites (tertiary alicyclic amines) is 1. The normalized spacial score (nSPS) is 18.4. The topological polar surface area (TPSA) is 74.4 Å². The van der Waals surface area contributed by atoms with Crippen LogP contribution >= 0.6 is 0 Å². The molecule has 0 aromatic heterocycles. The molecule has 2 aliphatic rings. The van der Waals surface area contributed by atoms with Crippen molar-refractivity contribution in [3.8, 4) is 0 Å². The second-order valence-electron chi connectivity index (χ2n) is 9.63. The molecular weight excluding hydrogens is 408 g/mol. The van der Waals surface area contributed by atoms with Crippen LogP contribution in [0.5, 0.6) is 0 Å². The number of carbonyl (C=O) groups is 2. The van der Waals surface area contributed by atoms with Gasteiger partial charge in [-0.2, -0.15) is 0 Å². The van der Waals surface area contributed by atoms with Gasteiger partial charge in [-0.05, 0) is 65.8 Å². The fourth-order valence-electron chi connectivity index (χ4n) is 4.07. The number of anilines is 2. The number of piperazine rings is 1. The van der Waals surface area contributed by atoms with Crippen LogP contribution in [0.2, 0.25) is 0 Å². The summed E-state index contributed by atoms with van der Waals surface area (Å²) >= 11 is 0. The van der Waals surface area contributed by atoms with Crippen LogP contribution in [0.1, 0.15) is 50.9 Å². The predicted octanol–water partition coefficient (Wildman–Crippen LogP) is 3.43. The minimum atomic E-state index is -0.560. The number of amides is 1. The van der Waals surface area contributed by atoms with Crippen LogP contribution in [0.3, 0.4) is 0 Å². The lowest BCUT2D eigenvalue weighted by atomic mass is 10.0. The van der Waals surface area contributed by atoms with Crippen molar-refractivity contribution < 1.29 is 19.1 Å². The monoisotopic (exact) mass is 446 g/mol. The number of rotatable bonds is 5. The lowest BCUT2D eigenvalue weighted by Gasteiger charge is -2.35. The van der Waals surface area contributed by atoms with E-state index in [2.05, 4.69) is 28.2 Å². The van der Waals surface area contributed by atoms with E-state index in [4.69, 9.17) is 9.47 Å². The molecule has 0 atom stereocenters. The molecular formula is C24H38N4O4. The highest BCUT2D eigenvalue weighted by Crippen LogP contribution is 2.29. The first-order valence-electron chi connectivity index (χ1n) is 11.7. The van der Waals surface area contributed by atoms with E-state index in [0.29, 0.717) is 25.3 Å². The summed E-state index contributed by atoms with van der Waals surface area (Å²) < 4.78 is 10.8. The average molecular weight is 447 g/mol. The maximum Gasteiger partial charge on any atom is 0.409 e. The average Bonchev–Trinajstić information content (AvgIpc) is 2.73. The van der Waals surface area contributed by atoms with Crippen molar-refractivity contribution in [1.82, 2.24) is 9.80 Å². The Morgan fingerprint density at radius 3 is 2.31 bits per heavy atom. The van der Waals surface area contributed by atoms with Gasteiger partial charge in [-0.15, -0.1) is 0 Å². The van der Waals surface area contributed by atoms with Crippen LogP contribution in [0.25, 0.3) is 0 Å². The van der Waals surface area contributed by atoms with E-state index in [0.717, 1.165) is 50.4 Å². The maximum atomic E-state index is 12.9. The zero-order valence-electron chi connectivity index (χ0n) is 20.1. The van der Waals surface area contributed by atoms with E-state index < -0.39 is 5.60 Å². The lowest BCUT2D eigenvalue weighted by molar-refractivity contribution is 0.00706. The largest absolute Gasteiger partial charge is 0.456 e. The zero-order valence-corrected chi connectivity index (χ0v) is 20.1. The van der Waals surface area contributed by atoms with Gasteiger partial charge in [0.25, 0.3) is 0 Å². The van der Waals surface area contributed by atoms with Gasteiger partial charge in [0.05, 0.1) is 17.9 Å². The summed E-state index contributed by atoms with van der Waals surface area (Å²) in [6.45, 7) is 13.1. The molecule has 1 N–H and O–H groups in total. The molecule has 8 nitrogen and oxygen atoms in total. The van der Waals surface area contributed by atoms with Crippen molar-refractivity contribution in [2.45, 2.75) is 52.2 Å². The van der Waals surface area contributed by atoms with Crippen LogP contribution in [-0.4, -0.2) is 86.4 Å². The van der Waals surface area contributed by atoms with Crippen molar-refractivity contribution in [1.29, 1.82) is 0 Å². The number of nitrogens with zero attached hydrogens (tertiary/aromatic N) is 3. The minimum absolute atomic E-state index is 0.171. The van der Waals surface area contributed by atoms with Gasteiger partial charge < -0.3 is 29.5 Å². The summed E-state index contributed by atoms with van der Waals surface area (Å²) in [6.07, 6.45) is 1.34. The van der Waals surface area contributed by atoms with E-state index in [1.54, 1.807) is 4.90 Å². The number of esters is 1. The summed E-state index contributed by atoms with van der Waals surface area (Å²) in [4.78, 5) is 31.3. The van der Waals surface area contributed by atoms with E-state index in [-0.39, 0.29) is 18.1 Å². The number of carbonyl (C=O) groups excluding carboxylic acids is 2. The van der Waals surface area contributed by atoms with Crippen LogP contribution < -0.4 is 10.2 Å². The van der Waals surface area contributed by atoms with Gasteiger partial charge in [0, 0.05) is 51.0 Å². The molecule has 0 spiro atoms. The molecule has 0 radical (unpaired) electrons. The number of nitrogens with one attached hydrogen (secondary N) is 1. The Balaban J connectivity index is 1.75. The lowest BCUT2D eigenvalue weighted by Crippen LogP contribution is -2.44. The Labute approximate surface area is 191 Å². The number of hydrogen-bond donors (Lipinski definition) is 1. The van der Waals surface area contributed by atoms with E-state index in [1.165, 1.54) is 0 Å². The van der Waals surface area contributed by atoms with E-state index in [1.807, 2.05) is 39.8 Å². The van der Waals surface area contributed by atoms with Gasteiger partial charge in [0.15, 0.2) is 0 Å². The third kappa shape index (κ3) is 6.51. The molecule has 2 fully saturated rings. The van der Waals surface area contributed by atoms with Crippen molar-refractivity contribution in [3.63, 3.8) is 0 Å². The smallest absolute Gasteiger partial charge is 0.409 e. The first-order chi connectivity index (χ1) is 15.2. The third-order valence-electron chi connectivity index (χ3n) is 5.87. The number of hydrogen-bond acceptors (Lipinski definition) is 7. The molecule has 1 aromatic rings. The van der Waals surface area contributed by atoms with Crippen molar-refractivity contribution in [3.05, 3.63) is 23.8 Å². The number of likely N-dealkylation sites (N-methyl/N-ethyl adjacent to an activating group) is 1. The van der Waals surface area contributed by atoms with Gasteiger partial charge in [-0.3, -0.25) is 0 Å². The zero-order chi connectivity index (χ0) is 23.3. The molecule has 178 valence electrons. The van der Waals surface area contributed by atoms with Crippen molar-refractivity contribution >= 4 is 23.4 Å². The molecule has 1 amide bonds. The molecule has 0 saturated carbocycles. The van der Waals surface area contributed by atoms with Crippen LogP contribution in [-0.2, 0) is 9.47 Å². The predicted molar refractivity (Wildman–Crippen MR) is 127 cm³/mol.